The molecular formula is C25H27N3O3S2. The van der Waals surface area contributed by atoms with Crippen molar-refractivity contribution in [1.82, 2.24) is 9.88 Å². The molecule has 2 heterocycles. The number of rotatable bonds is 8. The summed E-state index contributed by atoms with van der Waals surface area (Å²) < 4.78 is 5.94. The summed E-state index contributed by atoms with van der Waals surface area (Å²) >= 11 is 2.89. The number of ether oxygens (including phenoxy) is 1. The quantitative estimate of drug-likeness (QED) is 0.353. The fraction of sp³-hybridized carbons (Fsp3) is 0.320. The van der Waals surface area contributed by atoms with Crippen LogP contribution in [-0.4, -0.2) is 60.6 Å². The summed E-state index contributed by atoms with van der Waals surface area (Å²) in [7, 11) is 1.60. The Morgan fingerprint density at radius 1 is 1.09 bits per heavy atom. The van der Waals surface area contributed by atoms with E-state index in [4.69, 9.17) is 4.74 Å². The number of aromatic nitrogens is 1. The van der Waals surface area contributed by atoms with Crippen molar-refractivity contribution in [3.05, 3.63) is 70.7 Å². The Bertz CT molecular complexity index is 1110. The summed E-state index contributed by atoms with van der Waals surface area (Å²) in [6.07, 6.45) is 0.300. The normalized spacial score (nSPS) is 13.8. The lowest BCUT2D eigenvalue weighted by molar-refractivity contribution is -0.130. The number of ketones is 1. The molecule has 4 rings (SSSR count). The molecule has 8 heteroatoms. The van der Waals surface area contributed by atoms with Crippen LogP contribution in [0.3, 0.4) is 0 Å². The van der Waals surface area contributed by atoms with Crippen molar-refractivity contribution in [2.24, 2.45) is 0 Å². The molecule has 3 aromatic rings. The number of thioether (sulfide) groups is 1. The zero-order valence-corrected chi connectivity index (χ0v) is 20.5. The highest BCUT2D eigenvalue weighted by Gasteiger charge is 2.22. The van der Waals surface area contributed by atoms with Crippen molar-refractivity contribution in [1.29, 1.82) is 0 Å². The van der Waals surface area contributed by atoms with E-state index >= 15 is 0 Å². The van der Waals surface area contributed by atoms with Crippen LogP contribution < -0.4 is 9.64 Å². The van der Waals surface area contributed by atoms with Crippen LogP contribution in [0.15, 0.2) is 58.3 Å². The average molecular weight is 482 g/mol. The molecule has 2 aromatic carbocycles. The lowest BCUT2D eigenvalue weighted by atomic mass is 10.1. The molecule has 0 atom stereocenters. The van der Waals surface area contributed by atoms with Crippen LogP contribution in [0, 0.1) is 6.92 Å². The minimum atomic E-state index is 0.0435. The Labute approximate surface area is 202 Å². The van der Waals surface area contributed by atoms with E-state index in [1.807, 2.05) is 10.3 Å². The van der Waals surface area contributed by atoms with Crippen molar-refractivity contribution < 1.29 is 14.3 Å². The maximum atomic E-state index is 12.8. The number of benzene rings is 2. The summed E-state index contributed by atoms with van der Waals surface area (Å²) in [4.78, 5) is 34.0. The summed E-state index contributed by atoms with van der Waals surface area (Å²) in [5.41, 5.74) is 3.88. The third kappa shape index (κ3) is 6.15. The van der Waals surface area contributed by atoms with Gasteiger partial charge >= 0.3 is 0 Å². The molecular weight excluding hydrogens is 454 g/mol. The van der Waals surface area contributed by atoms with Gasteiger partial charge in [-0.3, -0.25) is 9.59 Å². The van der Waals surface area contributed by atoms with Crippen LogP contribution >= 0.6 is 23.1 Å². The minimum Gasteiger partial charge on any atom is -0.497 e. The molecule has 1 aliphatic heterocycles. The first-order chi connectivity index (χ1) is 16.0. The number of amides is 1. The lowest BCUT2D eigenvalue weighted by Crippen LogP contribution is -2.49. The standard InChI is InChI=1S/C25H27N3O3S2/c1-18-4-3-5-21(14-18)27-10-12-28(13-11-27)24(30)15-20-16-32-25(26-20)33-17-23(29)19-6-8-22(31-2)9-7-19/h3-9,14,16H,10-13,15,17H2,1-2H3. The summed E-state index contributed by atoms with van der Waals surface area (Å²) in [5.74, 6) is 1.19. The van der Waals surface area contributed by atoms with E-state index in [1.54, 1.807) is 31.4 Å². The van der Waals surface area contributed by atoms with Gasteiger partial charge in [0.2, 0.25) is 5.91 Å². The Hall–Kier alpha value is -2.84. The van der Waals surface area contributed by atoms with Crippen molar-refractivity contribution >= 4 is 40.5 Å². The van der Waals surface area contributed by atoms with Gasteiger partial charge < -0.3 is 14.5 Å². The second-order valence-corrected chi connectivity index (χ2v) is 10.0. The van der Waals surface area contributed by atoms with Crippen molar-refractivity contribution in [3.8, 4) is 5.75 Å². The first-order valence-corrected chi connectivity index (χ1v) is 12.7. The maximum absolute atomic E-state index is 12.8. The van der Waals surface area contributed by atoms with Crippen LogP contribution in [0.4, 0.5) is 5.69 Å². The zero-order chi connectivity index (χ0) is 23.2. The number of hydrogen-bond donors (Lipinski definition) is 0. The monoisotopic (exact) mass is 481 g/mol. The van der Waals surface area contributed by atoms with E-state index in [0.717, 1.165) is 42.0 Å². The molecule has 1 aromatic heterocycles. The average Bonchev–Trinajstić information content (AvgIpc) is 3.30. The molecule has 33 heavy (non-hydrogen) atoms. The highest BCUT2D eigenvalue weighted by molar-refractivity contribution is 8.01. The van der Waals surface area contributed by atoms with Gasteiger partial charge in [0.15, 0.2) is 10.1 Å². The second kappa shape index (κ2) is 10.9. The molecule has 0 N–H and O–H groups in total. The Morgan fingerprint density at radius 2 is 1.85 bits per heavy atom. The first kappa shape index (κ1) is 23.3. The van der Waals surface area contributed by atoms with Crippen molar-refractivity contribution in [2.75, 3.05) is 43.9 Å². The number of methoxy groups -OCH3 is 1. The van der Waals surface area contributed by atoms with Gasteiger partial charge in [0, 0.05) is 42.8 Å². The molecule has 0 aliphatic carbocycles. The van der Waals surface area contributed by atoms with Gasteiger partial charge in [0.1, 0.15) is 5.75 Å². The predicted octanol–water partition coefficient (Wildman–Crippen LogP) is 4.33. The van der Waals surface area contributed by atoms with Crippen molar-refractivity contribution in [3.63, 3.8) is 0 Å². The van der Waals surface area contributed by atoms with E-state index in [0.29, 0.717) is 17.7 Å². The summed E-state index contributed by atoms with van der Waals surface area (Å²) in [6.45, 7) is 5.20. The molecule has 1 amide bonds. The lowest BCUT2D eigenvalue weighted by Gasteiger charge is -2.36. The molecule has 1 aliphatic rings. The Balaban J connectivity index is 1.24. The van der Waals surface area contributed by atoms with Gasteiger partial charge in [0.05, 0.1) is 25.0 Å². The van der Waals surface area contributed by atoms with Gasteiger partial charge in [-0.25, -0.2) is 4.98 Å². The smallest absolute Gasteiger partial charge is 0.228 e. The topological polar surface area (TPSA) is 62.7 Å². The first-order valence-electron chi connectivity index (χ1n) is 10.9. The highest BCUT2D eigenvalue weighted by Crippen LogP contribution is 2.25. The summed E-state index contributed by atoms with van der Waals surface area (Å²) in [5, 5.41) is 1.92. The van der Waals surface area contributed by atoms with Gasteiger partial charge in [-0.05, 0) is 48.9 Å². The zero-order valence-electron chi connectivity index (χ0n) is 18.8. The number of carbonyl (C=O) groups excluding carboxylic acids is 2. The number of Topliss-reactive ketones (excluding diaryl/α,β-unsaturated/α-hetero) is 1. The minimum absolute atomic E-state index is 0.0435. The van der Waals surface area contributed by atoms with Crippen LogP contribution in [0.5, 0.6) is 5.75 Å². The van der Waals surface area contributed by atoms with Crippen LogP contribution in [0.1, 0.15) is 21.6 Å². The fourth-order valence-electron chi connectivity index (χ4n) is 3.73. The number of nitrogens with zero attached hydrogens (tertiary/aromatic N) is 3. The molecule has 0 bridgehead atoms. The van der Waals surface area contributed by atoms with Gasteiger partial charge in [0.25, 0.3) is 0 Å². The van der Waals surface area contributed by atoms with E-state index < -0.39 is 0 Å². The Morgan fingerprint density at radius 3 is 2.55 bits per heavy atom. The number of piperazine rings is 1. The molecule has 6 nitrogen and oxygen atoms in total. The fourth-order valence-corrected chi connectivity index (χ4v) is 5.47. The number of thiazole rings is 1. The Kier molecular flexibility index (Phi) is 7.67. The molecule has 172 valence electrons. The molecule has 0 radical (unpaired) electrons. The third-order valence-corrected chi connectivity index (χ3v) is 7.67. The van der Waals surface area contributed by atoms with E-state index in [9.17, 15) is 9.59 Å². The number of hydrogen-bond acceptors (Lipinski definition) is 7. The maximum Gasteiger partial charge on any atom is 0.228 e. The van der Waals surface area contributed by atoms with Gasteiger partial charge in [-0.2, -0.15) is 0 Å². The van der Waals surface area contributed by atoms with Crippen LogP contribution in [0.2, 0.25) is 0 Å². The molecule has 0 unspecified atom stereocenters. The van der Waals surface area contributed by atoms with Crippen LogP contribution in [0.25, 0.3) is 0 Å². The summed E-state index contributed by atoms with van der Waals surface area (Å²) in [6, 6.07) is 15.6. The molecule has 0 spiro atoms. The van der Waals surface area contributed by atoms with Gasteiger partial charge in [-0.1, -0.05) is 23.9 Å². The molecule has 1 fully saturated rings. The second-order valence-electron chi connectivity index (χ2n) is 7.93. The van der Waals surface area contributed by atoms with Crippen LogP contribution in [-0.2, 0) is 11.2 Å². The SMILES string of the molecule is COc1ccc(C(=O)CSc2nc(CC(=O)N3CCN(c4cccc(C)c4)CC3)cs2)cc1. The number of anilines is 1. The van der Waals surface area contributed by atoms with E-state index in [1.165, 1.54) is 34.3 Å². The van der Waals surface area contributed by atoms with Gasteiger partial charge in [-0.15, -0.1) is 11.3 Å². The molecule has 0 saturated carbocycles. The highest BCUT2D eigenvalue weighted by atomic mass is 32.2. The third-order valence-electron chi connectivity index (χ3n) is 5.60. The van der Waals surface area contributed by atoms with Crippen molar-refractivity contribution in [2.45, 2.75) is 17.7 Å². The number of carbonyl (C=O) groups is 2. The molecule has 1 saturated heterocycles. The van der Waals surface area contributed by atoms with E-state index in [2.05, 4.69) is 41.1 Å². The van der Waals surface area contributed by atoms with E-state index in [-0.39, 0.29) is 11.7 Å². The largest absolute Gasteiger partial charge is 0.497 e. The predicted molar refractivity (Wildman–Crippen MR) is 134 cm³/mol. The number of aryl methyl sites for hydroxylation is 1.